The number of amides is 1. The summed E-state index contributed by atoms with van der Waals surface area (Å²) in [5.41, 5.74) is 6.79. The molecule has 1 atom stereocenters. The van der Waals surface area contributed by atoms with Gasteiger partial charge in [0.15, 0.2) is 5.65 Å². The highest BCUT2D eigenvalue weighted by Gasteiger charge is 2.29. The third-order valence-corrected chi connectivity index (χ3v) is 5.96. The molecule has 0 aliphatic heterocycles. The highest BCUT2D eigenvalue weighted by Crippen LogP contribution is 2.37. The van der Waals surface area contributed by atoms with E-state index in [4.69, 9.17) is 17.3 Å². The van der Waals surface area contributed by atoms with E-state index in [2.05, 4.69) is 25.6 Å². The zero-order valence-electron chi connectivity index (χ0n) is 17.6. The molecule has 0 unspecified atom stereocenters. The quantitative estimate of drug-likeness (QED) is 0.424. The van der Waals surface area contributed by atoms with Crippen molar-refractivity contribution in [1.82, 2.24) is 19.5 Å². The van der Waals surface area contributed by atoms with Crippen LogP contribution in [0.25, 0.3) is 11.2 Å². The van der Waals surface area contributed by atoms with Crippen LogP contribution in [0.4, 0.5) is 22.0 Å². The summed E-state index contributed by atoms with van der Waals surface area (Å²) in [6.07, 6.45) is 4.29. The van der Waals surface area contributed by atoms with Crippen LogP contribution in [0.1, 0.15) is 38.6 Å². The molecule has 1 saturated carbocycles. The Hall–Kier alpha value is -2.98. The van der Waals surface area contributed by atoms with E-state index in [0.29, 0.717) is 53.8 Å². The topological polar surface area (TPSA) is 131 Å². The number of nitrogens with one attached hydrogen (secondary N) is 2. The molecule has 1 aromatic carbocycles. The van der Waals surface area contributed by atoms with Crippen LogP contribution in [0.5, 0.6) is 0 Å². The Morgan fingerprint density at radius 1 is 1.34 bits per heavy atom. The molecule has 0 saturated heterocycles. The van der Waals surface area contributed by atoms with E-state index in [0.717, 1.165) is 0 Å². The Morgan fingerprint density at radius 3 is 2.78 bits per heavy atom. The molecule has 1 fully saturated rings. The van der Waals surface area contributed by atoms with Gasteiger partial charge < -0.3 is 21.5 Å². The highest BCUT2D eigenvalue weighted by atomic mass is 35.5. The maximum Gasteiger partial charge on any atom is 0.225 e. The first-order chi connectivity index (χ1) is 15.4. The fourth-order valence-electron chi connectivity index (χ4n) is 3.99. The van der Waals surface area contributed by atoms with E-state index in [-0.39, 0.29) is 36.2 Å². The van der Waals surface area contributed by atoms with Crippen molar-refractivity contribution in [3.63, 3.8) is 0 Å². The van der Waals surface area contributed by atoms with Gasteiger partial charge in [0.05, 0.1) is 18.5 Å². The van der Waals surface area contributed by atoms with Crippen molar-refractivity contribution in [1.29, 1.82) is 0 Å². The zero-order chi connectivity index (χ0) is 22.8. The molecule has 5 N–H and O–H groups in total. The van der Waals surface area contributed by atoms with Gasteiger partial charge in [0.1, 0.15) is 11.3 Å². The van der Waals surface area contributed by atoms with Gasteiger partial charge in [0.2, 0.25) is 17.8 Å². The predicted molar refractivity (Wildman–Crippen MR) is 120 cm³/mol. The number of benzene rings is 1. The van der Waals surface area contributed by atoms with Gasteiger partial charge >= 0.3 is 0 Å². The van der Waals surface area contributed by atoms with Crippen LogP contribution in [0.15, 0.2) is 24.4 Å². The van der Waals surface area contributed by atoms with Crippen LogP contribution in [-0.4, -0.2) is 43.2 Å². The van der Waals surface area contributed by atoms with E-state index in [1.54, 1.807) is 6.20 Å². The number of carbonyl (C=O) groups excluding carboxylic acids is 1. The molecule has 0 bridgehead atoms. The van der Waals surface area contributed by atoms with Gasteiger partial charge in [-0.1, -0.05) is 11.6 Å². The Kier molecular flexibility index (Phi) is 6.43. The number of imidazole rings is 1. The molecule has 1 amide bonds. The molecular formula is C21H25ClFN7O2. The standard InChI is InChI=1S/C21H25ClFN7O2/c1-11(10-31)26-20-25-9-17-19(29-20)30(14-5-2-12(3-6-14)18(24)32)21(28-17)27-16-8-13(22)4-7-15(16)23/h4,7-9,11-12,14,31H,2-3,5-6,10H2,1H3,(H2,24,32)(H,27,28)(H,25,26,29)/t11-,12-,14+/m0/s1. The number of fused-ring (bicyclic) bond motifs is 1. The van der Waals surface area contributed by atoms with Crippen LogP contribution in [-0.2, 0) is 4.79 Å². The summed E-state index contributed by atoms with van der Waals surface area (Å²) >= 11 is 6.05. The lowest BCUT2D eigenvalue weighted by Crippen LogP contribution is -2.29. The molecule has 4 rings (SSSR count). The maximum absolute atomic E-state index is 14.4. The van der Waals surface area contributed by atoms with E-state index < -0.39 is 5.82 Å². The van der Waals surface area contributed by atoms with E-state index >= 15 is 0 Å². The van der Waals surface area contributed by atoms with E-state index in [1.807, 2.05) is 11.5 Å². The second-order valence-corrected chi connectivity index (χ2v) is 8.53. The molecule has 3 aromatic rings. The number of anilines is 3. The maximum atomic E-state index is 14.4. The largest absolute Gasteiger partial charge is 0.394 e. The van der Waals surface area contributed by atoms with Gasteiger partial charge in [-0.2, -0.15) is 4.98 Å². The number of nitrogens with two attached hydrogens (primary N) is 1. The Bertz CT molecular complexity index is 1130. The molecule has 11 heteroatoms. The summed E-state index contributed by atoms with van der Waals surface area (Å²) in [7, 11) is 0. The summed E-state index contributed by atoms with van der Waals surface area (Å²) in [6, 6.07) is 4.01. The van der Waals surface area contributed by atoms with E-state index in [1.165, 1.54) is 18.2 Å². The molecule has 2 aromatic heterocycles. The molecule has 170 valence electrons. The molecule has 9 nitrogen and oxygen atoms in total. The zero-order valence-corrected chi connectivity index (χ0v) is 18.3. The summed E-state index contributed by atoms with van der Waals surface area (Å²) < 4.78 is 16.3. The third kappa shape index (κ3) is 4.61. The summed E-state index contributed by atoms with van der Waals surface area (Å²) in [4.78, 5) is 25.1. The van der Waals surface area contributed by atoms with Crippen molar-refractivity contribution in [3.05, 3.63) is 35.2 Å². The van der Waals surface area contributed by atoms with E-state index in [9.17, 15) is 14.3 Å². The minimum absolute atomic E-state index is 0.0154. The van der Waals surface area contributed by atoms with Gasteiger partial charge in [-0.25, -0.2) is 14.4 Å². The van der Waals surface area contributed by atoms with Gasteiger partial charge in [-0.05, 0) is 50.8 Å². The minimum atomic E-state index is -0.462. The van der Waals surface area contributed by atoms with Crippen LogP contribution in [0.2, 0.25) is 5.02 Å². The third-order valence-electron chi connectivity index (χ3n) is 5.72. The fraction of sp³-hybridized carbons (Fsp3) is 0.429. The Morgan fingerprint density at radius 2 is 2.09 bits per heavy atom. The number of hydrogen-bond acceptors (Lipinski definition) is 7. The van der Waals surface area contributed by atoms with Crippen molar-refractivity contribution in [3.8, 4) is 0 Å². The highest BCUT2D eigenvalue weighted by molar-refractivity contribution is 6.30. The molecule has 2 heterocycles. The van der Waals surface area contributed by atoms with Gasteiger partial charge in [0.25, 0.3) is 0 Å². The van der Waals surface area contributed by atoms with Crippen LogP contribution >= 0.6 is 11.6 Å². The molecule has 0 spiro atoms. The van der Waals surface area contributed by atoms with Crippen LogP contribution in [0.3, 0.4) is 0 Å². The SMILES string of the molecule is C[C@@H](CO)Nc1ncc2nc(Nc3cc(Cl)ccc3F)n([C@H]3CC[C@@H](C(N)=O)CC3)c2n1. The number of primary amides is 1. The fourth-order valence-corrected chi connectivity index (χ4v) is 4.16. The first-order valence-corrected chi connectivity index (χ1v) is 10.9. The smallest absolute Gasteiger partial charge is 0.225 e. The van der Waals surface area contributed by atoms with Crippen LogP contribution in [0, 0.1) is 11.7 Å². The second kappa shape index (κ2) is 9.25. The molecule has 1 aliphatic carbocycles. The number of hydrogen-bond donors (Lipinski definition) is 4. The first-order valence-electron chi connectivity index (χ1n) is 10.5. The average Bonchev–Trinajstić information content (AvgIpc) is 3.13. The van der Waals surface area contributed by atoms with Gasteiger partial charge in [0, 0.05) is 23.0 Å². The number of carbonyl (C=O) groups is 1. The Balaban J connectivity index is 1.75. The Labute approximate surface area is 189 Å². The van der Waals surface area contributed by atoms with Crippen molar-refractivity contribution < 1.29 is 14.3 Å². The lowest BCUT2D eigenvalue weighted by molar-refractivity contribution is -0.122. The summed E-state index contributed by atoms with van der Waals surface area (Å²) in [5, 5.41) is 15.8. The van der Waals surface area contributed by atoms with Crippen LogP contribution < -0.4 is 16.4 Å². The summed E-state index contributed by atoms with van der Waals surface area (Å²) in [5.74, 6) is -0.141. The predicted octanol–water partition coefficient (Wildman–Crippen LogP) is 3.37. The minimum Gasteiger partial charge on any atom is -0.394 e. The van der Waals surface area contributed by atoms with Gasteiger partial charge in [-0.15, -0.1) is 0 Å². The molecule has 32 heavy (non-hydrogen) atoms. The first kappa shape index (κ1) is 22.2. The number of aliphatic hydroxyl groups excluding tert-OH is 1. The number of halogens is 2. The lowest BCUT2D eigenvalue weighted by Gasteiger charge is -2.29. The molecule has 0 radical (unpaired) electrons. The van der Waals surface area contributed by atoms with Crippen molar-refractivity contribution in [2.24, 2.45) is 11.7 Å². The van der Waals surface area contributed by atoms with Crippen molar-refractivity contribution in [2.45, 2.75) is 44.7 Å². The number of rotatable bonds is 7. The number of aliphatic hydroxyl groups is 1. The lowest BCUT2D eigenvalue weighted by atomic mass is 9.85. The van der Waals surface area contributed by atoms with Crippen molar-refractivity contribution in [2.75, 3.05) is 17.2 Å². The number of aromatic nitrogens is 4. The summed E-state index contributed by atoms with van der Waals surface area (Å²) in [6.45, 7) is 1.74. The van der Waals surface area contributed by atoms with Gasteiger partial charge in [-0.3, -0.25) is 9.36 Å². The second-order valence-electron chi connectivity index (χ2n) is 8.09. The average molecular weight is 462 g/mol. The molecular weight excluding hydrogens is 437 g/mol. The monoisotopic (exact) mass is 461 g/mol. The normalized spacial score (nSPS) is 19.6. The number of nitrogens with zero attached hydrogens (tertiary/aromatic N) is 4. The van der Waals surface area contributed by atoms with Crippen molar-refractivity contribution >= 4 is 46.3 Å². The molecule has 1 aliphatic rings.